The van der Waals surface area contributed by atoms with Gasteiger partial charge in [-0.2, -0.15) is 0 Å². The molecule has 4 aromatic rings. The average molecular weight is 386 g/mol. The Morgan fingerprint density at radius 1 is 0.931 bits per heavy atom. The van der Waals surface area contributed by atoms with Crippen molar-refractivity contribution in [1.29, 1.82) is 0 Å². The fraction of sp³-hybridized carbons (Fsp3) is 0.167. The molecule has 0 saturated heterocycles. The Hall–Kier alpha value is -3.60. The Labute approximate surface area is 169 Å². The van der Waals surface area contributed by atoms with Gasteiger partial charge in [0.2, 0.25) is 0 Å². The van der Waals surface area contributed by atoms with Gasteiger partial charge >= 0.3 is 0 Å². The molecule has 4 rings (SSSR count). The van der Waals surface area contributed by atoms with E-state index < -0.39 is 0 Å². The molecule has 0 bridgehead atoms. The van der Waals surface area contributed by atoms with Crippen molar-refractivity contribution in [3.05, 3.63) is 78.0 Å². The highest BCUT2D eigenvalue weighted by molar-refractivity contribution is 6.15. The highest BCUT2D eigenvalue weighted by Crippen LogP contribution is 2.28. The summed E-state index contributed by atoms with van der Waals surface area (Å²) in [7, 11) is 3.22. The van der Waals surface area contributed by atoms with E-state index in [-0.39, 0.29) is 5.91 Å². The van der Waals surface area contributed by atoms with Gasteiger partial charge in [-0.1, -0.05) is 36.4 Å². The van der Waals surface area contributed by atoms with Crippen LogP contribution in [0.2, 0.25) is 0 Å². The predicted octanol–water partition coefficient (Wildman–Crippen LogP) is 4.38. The van der Waals surface area contributed by atoms with Crippen LogP contribution in [0.25, 0.3) is 21.7 Å². The van der Waals surface area contributed by atoms with Crippen LogP contribution in [0, 0.1) is 0 Å². The van der Waals surface area contributed by atoms with E-state index in [1.54, 1.807) is 20.4 Å². The zero-order valence-electron chi connectivity index (χ0n) is 16.4. The Kier molecular flexibility index (Phi) is 5.29. The summed E-state index contributed by atoms with van der Waals surface area (Å²) in [6.45, 7) is 0.509. The van der Waals surface area contributed by atoms with Crippen molar-refractivity contribution in [2.45, 2.75) is 6.42 Å². The zero-order valence-corrected chi connectivity index (χ0v) is 16.4. The third-order valence-electron chi connectivity index (χ3n) is 5.01. The molecule has 0 aliphatic rings. The van der Waals surface area contributed by atoms with Gasteiger partial charge in [-0.25, -0.2) is 0 Å². The second kappa shape index (κ2) is 8.19. The number of rotatable bonds is 6. The van der Waals surface area contributed by atoms with Crippen LogP contribution in [0.3, 0.4) is 0 Å². The van der Waals surface area contributed by atoms with Crippen molar-refractivity contribution in [3.8, 4) is 11.5 Å². The standard InChI is InChI=1S/C24H22N2O3/c1-28-21-10-9-16(14-22(21)29-2)11-13-26-24(27)20-15-17-6-3-4-7-18(17)19-8-5-12-25-23(19)20/h3-10,12,14-15H,11,13H2,1-2H3,(H,26,27). The van der Waals surface area contributed by atoms with E-state index in [4.69, 9.17) is 9.47 Å². The number of ether oxygens (including phenoxy) is 2. The average Bonchev–Trinajstić information content (AvgIpc) is 2.78. The maximum atomic E-state index is 12.9. The summed E-state index contributed by atoms with van der Waals surface area (Å²) in [6, 6.07) is 19.6. The monoisotopic (exact) mass is 386 g/mol. The van der Waals surface area contributed by atoms with Gasteiger partial charge in [-0.3, -0.25) is 9.78 Å². The smallest absolute Gasteiger partial charge is 0.253 e. The minimum Gasteiger partial charge on any atom is -0.493 e. The largest absolute Gasteiger partial charge is 0.493 e. The summed E-state index contributed by atoms with van der Waals surface area (Å²) < 4.78 is 10.6. The second-order valence-electron chi connectivity index (χ2n) is 6.74. The number of carbonyl (C=O) groups is 1. The Bertz CT molecular complexity index is 1190. The topological polar surface area (TPSA) is 60.5 Å². The summed E-state index contributed by atoms with van der Waals surface area (Å²) in [6.07, 6.45) is 2.41. The lowest BCUT2D eigenvalue weighted by atomic mass is 10.0. The van der Waals surface area contributed by atoms with Crippen LogP contribution in [0.15, 0.2) is 66.9 Å². The summed E-state index contributed by atoms with van der Waals surface area (Å²) in [4.78, 5) is 17.4. The fourth-order valence-corrected chi connectivity index (χ4v) is 3.55. The number of nitrogens with one attached hydrogen (secondary N) is 1. The second-order valence-corrected chi connectivity index (χ2v) is 6.74. The van der Waals surface area contributed by atoms with Gasteiger partial charge in [0.05, 0.1) is 25.3 Å². The molecule has 146 valence electrons. The maximum absolute atomic E-state index is 12.9. The molecule has 29 heavy (non-hydrogen) atoms. The fourth-order valence-electron chi connectivity index (χ4n) is 3.55. The van der Waals surface area contributed by atoms with Gasteiger partial charge in [0.1, 0.15) is 0 Å². The molecule has 1 heterocycles. The number of amides is 1. The van der Waals surface area contributed by atoms with Crippen LogP contribution in [-0.4, -0.2) is 31.7 Å². The Balaban J connectivity index is 1.55. The van der Waals surface area contributed by atoms with Gasteiger partial charge in [0.25, 0.3) is 5.91 Å². The Morgan fingerprint density at radius 2 is 1.72 bits per heavy atom. The summed E-state index contributed by atoms with van der Waals surface area (Å²) in [5, 5.41) is 6.12. The highest BCUT2D eigenvalue weighted by atomic mass is 16.5. The molecule has 0 saturated carbocycles. The molecule has 0 unspecified atom stereocenters. The summed E-state index contributed by atoms with van der Waals surface area (Å²) in [5.74, 6) is 1.25. The van der Waals surface area contributed by atoms with Gasteiger partial charge in [0.15, 0.2) is 11.5 Å². The van der Waals surface area contributed by atoms with Crippen LogP contribution in [-0.2, 0) is 6.42 Å². The normalized spacial score (nSPS) is 10.8. The van der Waals surface area contributed by atoms with Crippen molar-refractivity contribution in [2.24, 2.45) is 0 Å². The molecule has 5 nitrogen and oxygen atoms in total. The van der Waals surface area contributed by atoms with E-state index in [0.717, 1.165) is 27.2 Å². The first-order valence-corrected chi connectivity index (χ1v) is 9.47. The summed E-state index contributed by atoms with van der Waals surface area (Å²) in [5.41, 5.74) is 2.37. The van der Waals surface area contributed by atoms with Gasteiger partial charge in [-0.15, -0.1) is 0 Å². The maximum Gasteiger partial charge on any atom is 0.253 e. The molecular weight excluding hydrogens is 364 g/mol. The van der Waals surface area contributed by atoms with Crippen LogP contribution >= 0.6 is 0 Å². The SMILES string of the molecule is COc1ccc(CCNC(=O)c2cc3ccccc3c3cccnc23)cc1OC. The molecule has 0 atom stereocenters. The van der Waals surface area contributed by atoms with Crippen LogP contribution in [0.5, 0.6) is 11.5 Å². The number of hydrogen-bond acceptors (Lipinski definition) is 4. The van der Waals surface area contributed by atoms with E-state index >= 15 is 0 Å². The number of fused-ring (bicyclic) bond motifs is 3. The van der Waals surface area contributed by atoms with Crippen LogP contribution in [0.4, 0.5) is 0 Å². The number of nitrogens with zero attached hydrogens (tertiary/aromatic N) is 1. The Morgan fingerprint density at radius 3 is 2.55 bits per heavy atom. The lowest BCUT2D eigenvalue weighted by Crippen LogP contribution is -2.26. The lowest BCUT2D eigenvalue weighted by molar-refractivity contribution is 0.0955. The molecule has 0 radical (unpaired) electrons. The van der Waals surface area contributed by atoms with E-state index in [2.05, 4.69) is 16.4 Å². The quantitative estimate of drug-likeness (QED) is 0.500. The van der Waals surface area contributed by atoms with Gasteiger partial charge in [-0.05, 0) is 47.0 Å². The van der Waals surface area contributed by atoms with Crippen LogP contribution < -0.4 is 14.8 Å². The molecule has 0 fully saturated rings. The summed E-state index contributed by atoms with van der Waals surface area (Å²) >= 11 is 0. The molecule has 1 amide bonds. The zero-order chi connectivity index (χ0) is 20.2. The third-order valence-corrected chi connectivity index (χ3v) is 5.01. The first-order chi connectivity index (χ1) is 14.2. The van der Waals surface area contributed by atoms with Crippen molar-refractivity contribution < 1.29 is 14.3 Å². The number of benzene rings is 3. The number of pyridine rings is 1. The lowest BCUT2D eigenvalue weighted by Gasteiger charge is -2.11. The molecule has 1 aromatic heterocycles. The number of carbonyl (C=O) groups excluding carboxylic acids is 1. The first kappa shape index (κ1) is 18.7. The van der Waals surface area contributed by atoms with Crippen molar-refractivity contribution in [1.82, 2.24) is 10.3 Å². The van der Waals surface area contributed by atoms with Crippen molar-refractivity contribution in [3.63, 3.8) is 0 Å². The molecule has 0 aliphatic carbocycles. The molecule has 3 aromatic carbocycles. The van der Waals surface area contributed by atoms with E-state index in [1.807, 2.05) is 54.6 Å². The third kappa shape index (κ3) is 3.72. The van der Waals surface area contributed by atoms with E-state index in [0.29, 0.717) is 30.0 Å². The number of aromatic nitrogens is 1. The number of hydrogen-bond donors (Lipinski definition) is 1. The highest BCUT2D eigenvalue weighted by Gasteiger charge is 2.14. The molecule has 0 spiro atoms. The van der Waals surface area contributed by atoms with Gasteiger partial charge < -0.3 is 14.8 Å². The number of methoxy groups -OCH3 is 2. The van der Waals surface area contributed by atoms with Crippen LogP contribution in [0.1, 0.15) is 15.9 Å². The molecule has 0 aliphatic heterocycles. The molecule has 5 heteroatoms. The predicted molar refractivity (Wildman–Crippen MR) is 115 cm³/mol. The van der Waals surface area contributed by atoms with Crippen molar-refractivity contribution >= 4 is 27.6 Å². The molecular formula is C24H22N2O3. The van der Waals surface area contributed by atoms with Crippen molar-refractivity contribution in [2.75, 3.05) is 20.8 Å². The van der Waals surface area contributed by atoms with E-state index in [1.165, 1.54) is 0 Å². The molecule has 1 N–H and O–H groups in total. The minimum absolute atomic E-state index is 0.125. The van der Waals surface area contributed by atoms with Gasteiger partial charge in [0, 0.05) is 18.1 Å². The minimum atomic E-state index is -0.125. The van der Waals surface area contributed by atoms with E-state index in [9.17, 15) is 4.79 Å². The first-order valence-electron chi connectivity index (χ1n) is 9.47.